The summed E-state index contributed by atoms with van der Waals surface area (Å²) in [5.41, 5.74) is 5.12. The molecule has 1 rings (SSSR count). The van der Waals surface area contributed by atoms with Crippen molar-refractivity contribution in [1.82, 2.24) is 0 Å². The second-order valence-electron chi connectivity index (χ2n) is 3.35. The van der Waals surface area contributed by atoms with E-state index >= 15 is 0 Å². The molecule has 0 bridgehead atoms. The minimum absolute atomic E-state index is 0.0101. The molecule has 0 heterocycles. The molecule has 0 radical (unpaired) electrons. The van der Waals surface area contributed by atoms with Gasteiger partial charge >= 0.3 is 0 Å². The average Bonchev–Trinajstić information content (AvgIpc) is 2.36. The monoisotopic (exact) mass is 293 g/mol. The first-order chi connectivity index (χ1) is 8.93. The van der Waals surface area contributed by atoms with Crippen molar-refractivity contribution < 1.29 is 18.4 Å². The fraction of sp³-hybridized carbons (Fsp3) is 0.300. The first kappa shape index (κ1) is 15.1. The molecule has 6 nitrogen and oxygen atoms in total. The largest absolute Gasteiger partial charge is 0.485 e. The van der Waals surface area contributed by atoms with Gasteiger partial charge in [-0.15, -0.1) is 11.6 Å². The van der Waals surface area contributed by atoms with E-state index in [0.717, 1.165) is 12.1 Å². The van der Waals surface area contributed by atoms with Gasteiger partial charge in [-0.05, 0) is 6.07 Å². The van der Waals surface area contributed by atoms with Gasteiger partial charge in [0.2, 0.25) is 0 Å². The molecule has 0 saturated carbocycles. The van der Waals surface area contributed by atoms with E-state index in [2.05, 4.69) is 4.99 Å². The summed E-state index contributed by atoms with van der Waals surface area (Å²) in [7, 11) is 0. The van der Waals surface area contributed by atoms with E-state index in [1.165, 1.54) is 6.07 Å². The van der Waals surface area contributed by atoms with Crippen LogP contribution < -0.4 is 10.5 Å². The number of nitrogens with zero attached hydrogens (tertiary/aromatic N) is 2. The Balaban J connectivity index is 3.11. The van der Waals surface area contributed by atoms with E-state index in [4.69, 9.17) is 22.1 Å². The lowest BCUT2D eigenvalue weighted by atomic mass is 10.2. The first-order valence-corrected chi connectivity index (χ1v) is 5.56. The Hall–Kier alpha value is -1.96. The van der Waals surface area contributed by atoms with Crippen LogP contribution in [0.2, 0.25) is 0 Å². The normalized spacial score (nSPS) is 11.7. The van der Waals surface area contributed by atoms with Gasteiger partial charge in [-0.3, -0.25) is 10.1 Å². The molecule has 104 valence electrons. The zero-order valence-electron chi connectivity index (χ0n) is 9.55. The van der Waals surface area contributed by atoms with E-state index < -0.39 is 18.0 Å². The molecule has 0 atom stereocenters. The molecule has 0 fully saturated rings. The number of alkyl halides is 3. The van der Waals surface area contributed by atoms with Crippen molar-refractivity contribution in [2.75, 3.05) is 12.5 Å². The van der Waals surface area contributed by atoms with Gasteiger partial charge in [-0.1, -0.05) is 0 Å². The number of hydrogen-bond acceptors (Lipinski definition) is 4. The number of amidine groups is 1. The predicted octanol–water partition coefficient (Wildman–Crippen LogP) is 2.47. The van der Waals surface area contributed by atoms with Crippen molar-refractivity contribution in [3.8, 4) is 5.75 Å². The molecule has 0 aliphatic heterocycles. The molecule has 0 aliphatic rings. The van der Waals surface area contributed by atoms with Gasteiger partial charge in [0.05, 0.1) is 10.8 Å². The van der Waals surface area contributed by atoms with Crippen LogP contribution in [0, 0.1) is 10.1 Å². The molecular weight excluding hydrogens is 284 g/mol. The van der Waals surface area contributed by atoms with E-state index in [9.17, 15) is 18.9 Å². The quantitative estimate of drug-likeness (QED) is 0.287. The molecule has 1 aromatic carbocycles. The molecule has 2 N–H and O–H groups in total. The van der Waals surface area contributed by atoms with Crippen molar-refractivity contribution in [3.05, 3.63) is 28.3 Å². The van der Waals surface area contributed by atoms with Crippen LogP contribution in [-0.2, 0) is 0 Å². The molecule has 0 amide bonds. The highest BCUT2D eigenvalue weighted by Crippen LogP contribution is 2.32. The third-order valence-electron chi connectivity index (χ3n) is 1.92. The summed E-state index contributed by atoms with van der Waals surface area (Å²) in [6.45, 7) is -0.846. The number of aliphatic imine (C=N–C) groups is 1. The van der Waals surface area contributed by atoms with Crippen molar-refractivity contribution in [2.24, 2.45) is 10.7 Å². The van der Waals surface area contributed by atoms with Crippen LogP contribution in [0.25, 0.3) is 0 Å². The first-order valence-electron chi connectivity index (χ1n) is 5.02. The average molecular weight is 294 g/mol. The number of nitrogens with two attached hydrogens (primary N) is 1. The maximum atomic E-state index is 12.1. The Kier molecular flexibility index (Phi) is 5.43. The molecule has 0 spiro atoms. The summed E-state index contributed by atoms with van der Waals surface area (Å²) in [6.07, 6.45) is -2.67. The van der Waals surface area contributed by atoms with Gasteiger partial charge in [0, 0.05) is 12.1 Å². The van der Waals surface area contributed by atoms with Crippen molar-refractivity contribution in [1.29, 1.82) is 0 Å². The minimum Gasteiger partial charge on any atom is -0.485 e. The number of non-ortho nitro benzene ring substituents is 1. The minimum atomic E-state index is -2.67. The molecule has 9 heteroatoms. The highest BCUT2D eigenvalue weighted by molar-refractivity contribution is 6.28. The van der Waals surface area contributed by atoms with Crippen LogP contribution in [-0.4, -0.2) is 29.7 Å². The summed E-state index contributed by atoms with van der Waals surface area (Å²) in [5.74, 6) is -0.139. The number of nitro benzene ring substituents is 1. The molecule has 0 aromatic heterocycles. The third kappa shape index (κ3) is 4.66. The fourth-order valence-electron chi connectivity index (χ4n) is 1.17. The molecule has 0 saturated heterocycles. The van der Waals surface area contributed by atoms with E-state index in [1.54, 1.807) is 0 Å². The summed E-state index contributed by atoms with van der Waals surface area (Å²) in [4.78, 5) is 13.8. The summed E-state index contributed by atoms with van der Waals surface area (Å²) < 4.78 is 28.9. The maximum absolute atomic E-state index is 12.1. The highest BCUT2D eigenvalue weighted by atomic mass is 35.5. The lowest BCUT2D eigenvalue weighted by molar-refractivity contribution is -0.384. The molecule has 19 heavy (non-hydrogen) atoms. The van der Waals surface area contributed by atoms with Gasteiger partial charge < -0.3 is 10.5 Å². The number of ether oxygens (including phenoxy) is 1. The summed E-state index contributed by atoms with van der Waals surface area (Å²) in [6, 6.07) is 3.37. The van der Waals surface area contributed by atoms with E-state index in [0.29, 0.717) is 0 Å². The van der Waals surface area contributed by atoms with Gasteiger partial charge in [-0.25, -0.2) is 13.8 Å². The van der Waals surface area contributed by atoms with Crippen LogP contribution in [0.1, 0.15) is 0 Å². The number of benzene rings is 1. The number of rotatable bonds is 6. The van der Waals surface area contributed by atoms with Crippen LogP contribution in [0.3, 0.4) is 0 Å². The van der Waals surface area contributed by atoms with Gasteiger partial charge in [0.1, 0.15) is 23.9 Å². The Labute approximate surface area is 112 Å². The Morgan fingerprint density at radius 3 is 2.79 bits per heavy atom. The SMILES string of the molecule is NC(CCl)=Nc1cc([N+](=O)[O-])ccc1OCC(F)F. The van der Waals surface area contributed by atoms with E-state index in [-0.39, 0.29) is 28.8 Å². The predicted molar refractivity (Wildman–Crippen MR) is 66.6 cm³/mol. The highest BCUT2D eigenvalue weighted by Gasteiger charge is 2.13. The lowest BCUT2D eigenvalue weighted by Gasteiger charge is -2.08. The maximum Gasteiger partial charge on any atom is 0.272 e. The second-order valence-corrected chi connectivity index (χ2v) is 3.62. The summed E-state index contributed by atoms with van der Waals surface area (Å²) >= 11 is 5.43. The van der Waals surface area contributed by atoms with Crippen LogP contribution in [0.15, 0.2) is 23.2 Å². The number of nitro groups is 1. The zero-order valence-corrected chi connectivity index (χ0v) is 10.3. The van der Waals surface area contributed by atoms with Gasteiger partial charge in [0.15, 0.2) is 0 Å². The second kappa shape index (κ2) is 6.83. The van der Waals surface area contributed by atoms with Crippen LogP contribution in [0.5, 0.6) is 5.75 Å². The van der Waals surface area contributed by atoms with Crippen molar-refractivity contribution in [3.63, 3.8) is 0 Å². The Morgan fingerprint density at radius 1 is 1.58 bits per heavy atom. The number of halogens is 3. The van der Waals surface area contributed by atoms with E-state index in [1.807, 2.05) is 0 Å². The molecule has 0 unspecified atom stereocenters. The topological polar surface area (TPSA) is 90.8 Å². The lowest BCUT2D eigenvalue weighted by Crippen LogP contribution is -2.12. The van der Waals surface area contributed by atoms with Crippen molar-refractivity contribution >= 4 is 28.8 Å². The zero-order chi connectivity index (χ0) is 14.4. The number of hydrogen-bond donors (Lipinski definition) is 1. The Bertz CT molecular complexity index is 497. The molecular formula is C10H10ClF2N3O3. The molecule has 1 aromatic rings. The standard InChI is InChI=1S/C10H10ClF2N3O3/c11-4-10(14)15-7-3-6(16(17)18)1-2-8(7)19-5-9(12)13/h1-3,9H,4-5H2,(H2,14,15). The van der Waals surface area contributed by atoms with Crippen LogP contribution >= 0.6 is 11.6 Å². The third-order valence-corrected chi connectivity index (χ3v) is 2.19. The Morgan fingerprint density at radius 2 is 2.26 bits per heavy atom. The molecule has 0 aliphatic carbocycles. The van der Waals surface area contributed by atoms with Crippen LogP contribution in [0.4, 0.5) is 20.2 Å². The fourth-order valence-corrected chi connectivity index (χ4v) is 1.23. The van der Waals surface area contributed by atoms with Gasteiger partial charge in [-0.2, -0.15) is 0 Å². The smallest absolute Gasteiger partial charge is 0.272 e. The van der Waals surface area contributed by atoms with Gasteiger partial charge in [0.25, 0.3) is 12.1 Å². The van der Waals surface area contributed by atoms with Crippen molar-refractivity contribution in [2.45, 2.75) is 6.43 Å². The summed E-state index contributed by atoms with van der Waals surface area (Å²) in [5, 5.41) is 10.6.